The molecule has 0 bridgehead atoms. The lowest BCUT2D eigenvalue weighted by Gasteiger charge is -2.03. The second-order valence-electron chi connectivity index (χ2n) is 3.47. The van der Waals surface area contributed by atoms with Crippen LogP contribution in [0.3, 0.4) is 0 Å². The summed E-state index contributed by atoms with van der Waals surface area (Å²) in [5.41, 5.74) is 0.826. The van der Waals surface area contributed by atoms with Crippen molar-refractivity contribution in [3.63, 3.8) is 0 Å². The van der Waals surface area contributed by atoms with Gasteiger partial charge in [0.1, 0.15) is 10.6 Å². The molecule has 7 heteroatoms. The summed E-state index contributed by atoms with van der Waals surface area (Å²) in [4.78, 5) is 26.7. The molecular formula is C11H9N3O3S. The summed E-state index contributed by atoms with van der Waals surface area (Å²) in [6.07, 6.45) is 2.98. The first kappa shape index (κ1) is 12.2. The molecule has 6 nitrogen and oxygen atoms in total. The molecule has 1 amide bonds. The van der Waals surface area contributed by atoms with E-state index < -0.39 is 5.97 Å². The number of aryl methyl sites for hydroxylation is 1. The van der Waals surface area contributed by atoms with Crippen molar-refractivity contribution in [2.45, 2.75) is 6.92 Å². The summed E-state index contributed by atoms with van der Waals surface area (Å²) in [5.74, 6) is -1.49. The summed E-state index contributed by atoms with van der Waals surface area (Å²) in [6, 6.07) is 3.09. The van der Waals surface area contributed by atoms with E-state index in [0.717, 1.165) is 11.5 Å². The number of nitrogens with zero attached hydrogens (tertiary/aromatic N) is 2. The van der Waals surface area contributed by atoms with Gasteiger partial charge in [-0.2, -0.15) is 4.37 Å². The standard InChI is InChI=1S/C11H9N3O3S/c1-6-8(11(16)17)10(18-14-6)13-9(15)7-2-4-12-5-3-7/h2-5H,1H3,(H,13,15)(H,16,17). The largest absolute Gasteiger partial charge is 0.478 e. The van der Waals surface area contributed by atoms with Crippen LogP contribution in [0.5, 0.6) is 0 Å². The van der Waals surface area contributed by atoms with Gasteiger partial charge in [-0.25, -0.2) is 4.79 Å². The molecule has 0 fully saturated rings. The van der Waals surface area contributed by atoms with E-state index in [9.17, 15) is 9.59 Å². The van der Waals surface area contributed by atoms with E-state index in [2.05, 4.69) is 14.7 Å². The summed E-state index contributed by atoms with van der Waals surface area (Å²) >= 11 is 0.949. The van der Waals surface area contributed by atoms with E-state index in [1.807, 2.05) is 0 Å². The number of anilines is 1. The highest BCUT2D eigenvalue weighted by Crippen LogP contribution is 2.24. The van der Waals surface area contributed by atoms with E-state index >= 15 is 0 Å². The molecule has 2 aromatic rings. The van der Waals surface area contributed by atoms with E-state index in [-0.39, 0.29) is 16.5 Å². The van der Waals surface area contributed by atoms with E-state index in [1.165, 1.54) is 12.4 Å². The minimum absolute atomic E-state index is 0.0300. The SMILES string of the molecule is Cc1nsc(NC(=O)c2ccncc2)c1C(=O)O. The lowest BCUT2D eigenvalue weighted by Crippen LogP contribution is -2.13. The van der Waals surface area contributed by atoms with E-state index in [0.29, 0.717) is 11.3 Å². The number of carboxylic acid groups (broad SMARTS) is 1. The van der Waals surface area contributed by atoms with Gasteiger partial charge < -0.3 is 10.4 Å². The summed E-state index contributed by atoms with van der Waals surface area (Å²) < 4.78 is 3.92. The molecule has 18 heavy (non-hydrogen) atoms. The number of amides is 1. The maximum atomic E-state index is 11.8. The molecule has 0 atom stereocenters. The molecule has 0 saturated heterocycles. The molecule has 0 spiro atoms. The molecule has 0 unspecified atom stereocenters. The minimum atomic E-state index is -1.11. The average Bonchev–Trinajstić information content (AvgIpc) is 2.71. The zero-order valence-corrected chi connectivity index (χ0v) is 10.2. The van der Waals surface area contributed by atoms with Crippen LogP contribution in [0.1, 0.15) is 26.4 Å². The fraction of sp³-hybridized carbons (Fsp3) is 0.0909. The molecule has 0 saturated carbocycles. The van der Waals surface area contributed by atoms with Crippen molar-refractivity contribution in [2.75, 3.05) is 5.32 Å². The Morgan fingerprint density at radius 1 is 1.33 bits per heavy atom. The first-order valence-corrected chi connectivity index (χ1v) is 5.78. The van der Waals surface area contributed by atoms with Crippen molar-refractivity contribution < 1.29 is 14.7 Å². The Labute approximate surface area is 106 Å². The first-order valence-electron chi connectivity index (χ1n) is 5.00. The van der Waals surface area contributed by atoms with Crippen LogP contribution in [-0.4, -0.2) is 26.3 Å². The van der Waals surface area contributed by atoms with Crippen LogP contribution in [0, 0.1) is 6.92 Å². The van der Waals surface area contributed by atoms with E-state index in [1.54, 1.807) is 19.1 Å². The van der Waals surface area contributed by atoms with Gasteiger partial charge in [0.15, 0.2) is 0 Å². The smallest absolute Gasteiger partial charge is 0.340 e. The van der Waals surface area contributed by atoms with Gasteiger partial charge in [0.2, 0.25) is 0 Å². The predicted molar refractivity (Wildman–Crippen MR) is 66.0 cm³/mol. The number of aromatic carboxylic acids is 1. The molecule has 0 radical (unpaired) electrons. The van der Waals surface area contributed by atoms with Gasteiger partial charge >= 0.3 is 5.97 Å². The number of carboxylic acids is 1. The zero-order valence-electron chi connectivity index (χ0n) is 9.38. The number of carbonyl (C=O) groups excluding carboxylic acids is 1. The number of nitrogens with one attached hydrogen (secondary N) is 1. The van der Waals surface area contributed by atoms with Crippen molar-refractivity contribution in [1.82, 2.24) is 9.36 Å². The Hall–Kier alpha value is -2.28. The predicted octanol–water partition coefficient (Wildman–Crippen LogP) is 1.80. The van der Waals surface area contributed by atoms with Crippen LogP contribution < -0.4 is 5.32 Å². The van der Waals surface area contributed by atoms with Gasteiger partial charge in [-0.1, -0.05) is 0 Å². The number of hydrogen-bond donors (Lipinski definition) is 2. The summed E-state index contributed by atoms with van der Waals surface area (Å²) in [6.45, 7) is 1.59. The van der Waals surface area contributed by atoms with Crippen LogP contribution in [0.4, 0.5) is 5.00 Å². The van der Waals surface area contributed by atoms with Crippen LogP contribution >= 0.6 is 11.5 Å². The number of carbonyl (C=O) groups is 2. The second kappa shape index (κ2) is 4.92. The molecule has 92 valence electrons. The summed E-state index contributed by atoms with van der Waals surface area (Å²) in [5, 5.41) is 11.8. The third-order valence-electron chi connectivity index (χ3n) is 2.25. The fourth-order valence-electron chi connectivity index (χ4n) is 1.39. The maximum Gasteiger partial charge on any atom is 0.340 e. The summed E-state index contributed by atoms with van der Waals surface area (Å²) in [7, 11) is 0. The highest BCUT2D eigenvalue weighted by Gasteiger charge is 2.19. The van der Waals surface area contributed by atoms with Crippen molar-refractivity contribution in [2.24, 2.45) is 0 Å². The number of aromatic nitrogens is 2. The Morgan fingerprint density at radius 3 is 2.61 bits per heavy atom. The molecule has 2 aromatic heterocycles. The van der Waals surface area contributed by atoms with Crippen molar-refractivity contribution in [3.05, 3.63) is 41.3 Å². The third-order valence-corrected chi connectivity index (χ3v) is 3.10. The van der Waals surface area contributed by atoms with Crippen LogP contribution in [0.25, 0.3) is 0 Å². The maximum absolute atomic E-state index is 11.8. The minimum Gasteiger partial charge on any atom is -0.478 e. The molecule has 2 heterocycles. The quantitative estimate of drug-likeness (QED) is 0.880. The van der Waals surface area contributed by atoms with Gasteiger partial charge in [-0.05, 0) is 30.6 Å². The molecular weight excluding hydrogens is 254 g/mol. The lowest BCUT2D eigenvalue weighted by molar-refractivity contribution is 0.0697. The van der Waals surface area contributed by atoms with Crippen molar-refractivity contribution in [1.29, 1.82) is 0 Å². The molecule has 2 N–H and O–H groups in total. The Morgan fingerprint density at radius 2 is 2.00 bits per heavy atom. The topological polar surface area (TPSA) is 92.2 Å². The van der Waals surface area contributed by atoms with Gasteiger partial charge in [0.05, 0.1) is 5.69 Å². The average molecular weight is 263 g/mol. The second-order valence-corrected chi connectivity index (χ2v) is 4.24. The van der Waals surface area contributed by atoms with E-state index in [4.69, 9.17) is 5.11 Å². The van der Waals surface area contributed by atoms with Crippen molar-refractivity contribution in [3.8, 4) is 0 Å². The first-order chi connectivity index (χ1) is 8.59. The van der Waals surface area contributed by atoms with Crippen LogP contribution in [-0.2, 0) is 0 Å². The normalized spacial score (nSPS) is 10.1. The monoisotopic (exact) mass is 263 g/mol. The third kappa shape index (κ3) is 2.35. The zero-order chi connectivity index (χ0) is 13.1. The number of hydrogen-bond acceptors (Lipinski definition) is 5. The lowest BCUT2D eigenvalue weighted by atomic mass is 10.2. The molecule has 0 aromatic carbocycles. The number of pyridine rings is 1. The Balaban J connectivity index is 2.25. The van der Waals surface area contributed by atoms with Crippen LogP contribution in [0.2, 0.25) is 0 Å². The molecule has 0 aliphatic carbocycles. The molecule has 0 aliphatic heterocycles. The molecule has 0 aliphatic rings. The highest BCUT2D eigenvalue weighted by atomic mass is 32.1. The fourth-order valence-corrected chi connectivity index (χ4v) is 2.17. The van der Waals surface area contributed by atoms with Crippen LogP contribution in [0.15, 0.2) is 24.5 Å². The van der Waals surface area contributed by atoms with Gasteiger partial charge in [0.25, 0.3) is 5.91 Å². The molecule has 2 rings (SSSR count). The number of rotatable bonds is 3. The Bertz CT molecular complexity index is 595. The van der Waals surface area contributed by atoms with Crippen molar-refractivity contribution >= 4 is 28.4 Å². The van der Waals surface area contributed by atoms with Gasteiger partial charge in [0, 0.05) is 18.0 Å². The Kier molecular flexibility index (Phi) is 3.33. The highest BCUT2D eigenvalue weighted by molar-refractivity contribution is 7.11. The van der Waals surface area contributed by atoms with Gasteiger partial charge in [-0.3, -0.25) is 9.78 Å². The van der Waals surface area contributed by atoms with Gasteiger partial charge in [-0.15, -0.1) is 0 Å².